The summed E-state index contributed by atoms with van der Waals surface area (Å²) >= 11 is 0. The maximum atomic E-state index is 11.4. The first kappa shape index (κ1) is 16.3. The molecule has 0 aliphatic carbocycles. The first-order valence-electron chi connectivity index (χ1n) is 6.99. The van der Waals surface area contributed by atoms with Crippen LogP contribution in [-0.2, 0) is 11.3 Å². The Morgan fingerprint density at radius 2 is 2.05 bits per heavy atom. The second-order valence-electron chi connectivity index (χ2n) is 4.28. The van der Waals surface area contributed by atoms with Gasteiger partial charge in [0.05, 0.1) is 20.1 Å². The molecular weight excluding hydrogens is 256 g/mol. The maximum Gasteiger partial charge on any atom is 0.223 e. The highest BCUT2D eigenvalue weighted by atomic mass is 16.5. The van der Waals surface area contributed by atoms with E-state index in [1.807, 2.05) is 25.1 Å². The van der Waals surface area contributed by atoms with Gasteiger partial charge < -0.3 is 20.1 Å². The molecule has 112 valence electrons. The van der Waals surface area contributed by atoms with E-state index in [0.717, 1.165) is 12.1 Å². The molecule has 0 aliphatic heterocycles. The van der Waals surface area contributed by atoms with E-state index in [1.165, 1.54) is 0 Å². The molecule has 1 amide bonds. The number of hydrogen-bond acceptors (Lipinski definition) is 4. The summed E-state index contributed by atoms with van der Waals surface area (Å²) in [6.45, 7) is 6.52. The van der Waals surface area contributed by atoms with Crippen LogP contribution in [0.1, 0.15) is 25.8 Å². The van der Waals surface area contributed by atoms with E-state index in [-0.39, 0.29) is 5.91 Å². The largest absolute Gasteiger partial charge is 0.493 e. The Bertz CT molecular complexity index is 422. The minimum absolute atomic E-state index is 0.00405. The minimum Gasteiger partial charge on any atom is -0.493 e. The van der Waals surface area contributed by atoms with E-state index in [9.17, 15) is 4.79 Å². The van der Waals surface area contributed by atoms with Crippen molar-refractivity contribution in [3.63, 3.8) is 0 Å². The molecule has 0 aliphatic rings. The fourth-order valence-electron chi connectivity index (χ4n) is 1.82. The molecule has 0 radical (unpaired) electrons. The molecule has 5 nitrogen and oxygen atoms in total. The van der Waals surface area contributed by atoms with E-state index >= 15 is 0 Å². The van der Waals surface area contributed by atoms with Crippen molar-refractivity contribution >= 4 is 5.91 Å². The third kappa shape index (κ3) is 5.09. The molecule has 0 unspecified atom stereocenters. The molecule has 0 atom stereocenters. The topological polar surface area (TPSA) is 59.6 Å². The molecule has 5 heteroatoms. The fraction of sp³-hybridized carbons (Fsp3) is 0.533. The van der Waals surface area contributed by atoms with Crippen molar-refractivity contribution in [2.75, 3.05) is 26.8 Å². The number of methoxy groups -OCH3 is 1. The Morgan fingerprint density at radius 1 is 1.25 bits per heavy atom. The highest BCUT2D eigenvalue weighted by molar-refractivity contribution is 5.75. The third-order valence-electron chi connectivity index (χ3n) is 2.80. The van der Waals surface area contributed by atoms with Gasteiger partial charge in [0.25, 0.3) is 0 Å². The van der Waals surface area contributed by atoms with E-state index < -0.39 is 0 Å². The van der Waals surface area contributed by atoms with Crippen LogP contribution < -0.4 is 20.1 Å². The Balaban J connectivity index is 2.67. The molecule has 0 aromatic heterocycles. The van der Waals surface area contributed by atoms with Crippen molar-refractivity contribution in [1.29, 1.82) is 0 Å². The summed E-state index contributed by atoms with van der Waals surface area (Å²) in [6, 6.07) is 5.78. The molecule has 1 rings (SSSR count). The normalized spacial score (nSPS) is 10.2. The van der Waals surface area contributed by atoms with Gasteiger partial charge in [0.1, 0.15) is 0 Å². The van der Waals surface area contributed by atoms with E-state index in [1.54, 1.807) is 7.11 Å². The van der Waals surface area contributed by atoms with Crippen LogP contribution in [0.15, 0.2) is 18.2 Å². The van der Waals surface area contributed by atoms with Crippen LogP contribution >= 0.6 is 0 Å². The number of para-hydroxylation sites is 1. The Morgan fingerprint density at radius 3 is 2.70 bits per heavy atom. The van der Waals surface area contributed by atoms with Gasteiger partial charge in [0, 0.05) is 18.7 Å². The zero-order chi connectivity index (χ0) is 14.8. The lowest BCUT2D eigenvalue weighted by atomic mass is 10.2. The number of ether oxygens (including phenoxy) is 2. The average molecular weight is 280 g/mol. The van der Waals surface area contributed by atoms with Crippen LogP contribution in [0.5, 0.6) is 11.5 Å². The molecule has 1 aromatic rings. The van der Waals surface area contributed by atoms with Crippen LogP contribution in [0, 0.1) is 0 Å². The molecule has 0 spiro atoms. The molecule has 0 saturated heterocycles. The summed E-state index contributed by atoms with van der Waals surface area (Å²) < 4.78 is 11.1. The molecule has 0 saturated carbocycles. The number of carbonyl (C=O) groups excluding carboxylic acids is 1. The van der Waals surface area contributed by atoms with Gasteiger partial charge in [0.15, 0.2) is 11.5 Å². The van der Waals surface area contributed by atoms with Crippen molar-refractivity contribution in [3.05, 3.63) is 23.8 Å². The van der Waals surface area contributed by atoms with Gasteiger partial charge in [-0.05, 0) is 19.5 Å². The van der Waals surface area contributed by atoms with Crippen LogP contribution in [0.4, 0.5) is 0 Å². The molecule has 0 bridgehead atoms. The zero-order valence-corrected chi connectivity index (χ0v) is 12.5. The van der Waals surface area contributed by atoms with Crippen molar-refractivity contribution in [3.8, 4) is 11.5 Å². The van der Waals surface area contributed by atoms with Gasteiger partial charge in [-0.1, -0.05) is 19.1 Å². The third-order valence-corrected chi connectivity index (χ3v) is 2.80. The van der Waals surface area contributed by atoms with Crippen molar-refractivity contribution < 1.29 is 14.3 Å². The van der Waals surface area contributed by atoms with E-state index in [0.29, 0.717) is 37.6 Å². The molecule has 1 aromatic carbocycles. The second-order valence-corrected chi connectivity index (χ2v) is 4.28. The summed E-state index contributed by atoms with van der Waals surface area (Å²) in [5.74, 6) is 1.40. The van der Waals surface area contributed by atoms with Crippen molar-refractivity contribution in [2.45, 2.75) is 26.8 Å². The quantitative estimate of drug-likeness (QED) is 0.723. The molecular formula is C15H24N2O3. The molecule has 0 heterocycles. The Labute approximate surface area is 120 Å². The van der Waals surface area contributed by atoms with Crippen molar-refractivity contribution in [1.82, 2.24) is 10.6 Å². The Kier molecular flexibility index (Phi) is 7.50. The second kappa shape index (κ2) is 9.20. The van der Waals surface area contributed by atoms with Gasteiger partial charge in [-0.15, -0.1) is 0 Å². The lowest BCUT2D eigenvalue weighted by Gasteiger charge is -2.15. The van der Waals surface area contributed by atoms with E-state index in [4.69, 9.17) is 9.47 Å². The molecule has 0 fully saturated rings. The van der Waals surface area contributed by atoms with Crippen LogP contribution in [0.25, 0.3) is 0 Å². The molecule has 20 heavy (non-hydrogen) atoms. The van der Waals surface area contributed by atoms with Gasteiger partial charge >= 0.3 is 0 Å². The van der Waals surface area contributed by atoms with Crippen molar-refractivity contribution in [2.24, 2.45) is 0 Å². The average Bonchev–Trinajstić information content (AvgIpc) is 2.46. The summed E-state index contributed by atoms with van der Waals surface area (Å²) in [7, 11) is 1.61. The highest BCUT2D eigenvalue weighted by Gasteiger charge is 2.11. The van der Waals surface area contributed by atoms with Gasteiger partial charge in [-0.25, -0.2) is 0 Å². The predicted molar refractivity (Wildman–Crippen MR) is 79.2 cm³/mol. The lowest BCUT2D eigenvalue weighted by molar-refractivity contribution is -0.121. The fourth-order valence-corrected chi connectivity index (χ4v) is 1.82. The smallest absolute Gasteiger partial charge is 0.223 e. The number of amides is 1. The van der Waals surface area contributed by atoms with Crippen LogP contribution in [0.3, 0.4) is 0 Å². The number of benzene rings is 1. The van der Waals surface area contributed by atoms with E-state index in [2.05, 4.69) is 17.6 Å². The SMILES string of the molecule is CCNCc1cccc(OC)c1OCCC(=O)NCC. The standard InChI is InChI=1S/C15H24N2O3/c1-4-16-11-12-7-6-8-13(19-3)15(12)20-10-9-14(18)17-5-2/h6-8,16H,4-5,9-11H2,1-3H3,(H,17,18). The minimum atomic E-state index is -0.00405. The number of nitrogens with one attached hydrogen (secondary N) is 2. The number of hydrogen-bond donors (Lipinski definition) is 2. The summed E-state index contributed by atoms with van der Waals surface area (Å²) in [6.07, 6.45) is 0.340. The monoisotopic (exact) mass is 280 g/mol. The first-order chi connectivity index (χ1) is 9.72. The van der Waals surface area contributed by atoms with Gasteiger partial charge in [-0.3, -0.25) is 4.79 Å². The van der Waals surface area contributed by atoms with Crippen LogP contribution in [-0.4, -0.2) is 32.7 Å². The number of carbonyl (C=O) groups is 1. The summed E-state index contributed by atoms with van der Waals surface area (Å²) in [5, 5.41) is 6.01. The maximum absolute atomic E-state index is 11.4. The lowest BCUT2D eigenvalue weighted by Crippen LogP contribution is -2.24. The van der Waals surface area contributed by atoms with Crippen LogP contribution in [0.2, 0.25) is 0 Å². The Hall–Kier alpha value is -1.75. The van der Waals surface area contributed by atoms with Gasteiger partial charge in [-0.2, -0.15) is 0 Å². The number of rotatable bonds is 9. The predicted octanol–water partition coefficient (Wildman–Crippen LogP) is 1.71. The zero-order valence-electron chi connectivity index (χ0n) is 12.5. The highest BCUT2D eigenvalue weighted by Crippen LogP contribution is 2.31. The summed E-state index contributed by atoms with van der Waals surface area (Å²) in [4.78, 5) is 11.4. The summed E-state index contributed by atoms with van der Waals surface area (Å²) in [5.41, 5.74) is 1.03. The van der Waals surface area contributed by atoms with Gasteiger partial charge in [0.2, 0.25) is 5.91 Å². The first-order valence-corrected chi connectivity index (χ1v) is 6.99. The molecule has 2 N–H and O–H groups in total.